The summed E-state index contributed by atoms with van der Waals surface area (Å²) in [6, 6.07) is 13.3. The minimum absolute atomic E-state index is 0.0448. The highest BCUT2D eigenvalue weighted by Gasteiger charge is 2.48. The van der Waals surface area contributed by atoms with E-state index in [0.717, 1.165) is 17.5 Å². The van der Waals surface area contributed by atoms with Crippen molar-refractivity contribution in [2.75, 3.05) is 13.1 Å². The van der Waals surface area contributed by atoms with Gasteiger partial charge in [-0.1, -0.05) is 69.0 Å². The van der Waals surface area contributed by atoms with Crippen LogP contribution in [-0.4, -0.2) is 40.1 Å². The smallest absolute Gasteiger partial charge is 0.321 e. The monoisotopic (exact) mass is 455 g/mol. The molecule has 178 valence electrons. The maximum absolute atomic E-state index is 14.9. The third-order valence-corrected chi connectivity index (χ3v) is 6.80. The number of piperidine rings is 1. The third kappa shape index (κ3) is 6.20. The van der Waals surface area contributed by atoms with Gasteiger partial charge in [-0.05, 0) is 48.4 Å². The normalized spacial score (nSPS) is 15.9. The molecule has 1 aliphatic rings. The van der Waals surface area contributed by atoms with E-state index in [-0.39, 0.29) is 18.7 Å². The molecule has 5 nitrogen and oxygen atoms in total. The van der Waals surface area contributed by atoms with Crippen molar-refractivity contribution in [2.24, 2.45) is 5.41 Å². The number of likely N-dealkylation sites (tertiary alicyclic amines) is 1. The van der Waals surface area contributed by atoms with Crippen LogP contribution in [0.3, 0.4) is 0 Å². The van der Waals surface area contributed by atoms with Crippen LogP contribution in [0.1, 0.15) is 63.0 Å². The molecule has 33 heavy (non-hydrogen) atoms. The molecule has 6 heteroatoms. The van der Waals surface area contributed by atoms with E-state index >= 15 is 0 Å². The average molecular weight is 456 g/mol. The number of nitrogens with zero attached hydrogens (tertiary/aromatic N) is 1. The van der Waals surface area contributed by atoms with E-state index in [1.807, 2.05) is 23.1 Å². The zero-order valence-corrected chi connectivity index (χ0v) is 19.4. The van der Waals surface area contributed by atoms with Crippen molar-refractivity contribution in [3.63, 3.8) is 0 Å². The molecule has 3 rings (SSSR count). The highest BCUT2D eigenvalue weighted by atomic mass is 19.1. The second-order valence-electron chi connectivity index (χ2n) is 9.14. The highest BCUT2D eigenvalue weighted by Crippen LogP contribution is 2.33. The van der Waals surface area contributed by atoms with Crippen LogP contribution in [0, 0.1) is 11.2 Å². The summed E-state index contributed by atoms with van der Waals surface area (Å²) in [5.74, 6) is -2.86. The van der Waals surface area contributed by atoms with E-state index in [1.54, 1.807) is 6.07 Å². The number of carboxylic acid groups (broad SMARTS) is 2. The number of hydrogen-bond acceptors (Lipinski definition) is 3. The Hall–Kier alpha value is -2.73. The fourth-order valence-corrected chi connectivity index (χ4v) is 4.54. The van der Waals surface area contributed by atoms with Crippen LogP contribution in [0.2, 0.25) is 0 Å². The molecule has 1 saturated heterocycles. The Bertz CT molecular complexity index is 933. The molecule has 1 fully saturated rings. The van der Waals surface area contributed by atoms with Gasteiger partial charge in [-0.15, -0.1) is 0 Å². The zero-order chi connectivity index (χ0) is 23.8. The lowest BCUT2D eigenvalue weighted by Crippen LogP contribution is -2.48. The van der Waals surface area contributed by atoms with Crippen molar-refractivity contribution >= 4 is 11.9 Å². The number of rotatable bonds is 11. The second kappa shape index (κ2) is 11.4. The molecule has 1 heterocycles. The molecular weight excluding hydrogens is 421 g/mol. The number of hydrogen-bond donors (Lipinski definition) is 2. The predicted octanol–water partition coefficient (Wildman–Crippen LogP) is 5.76. The Balaban J connectivity index is 1.57. The van der Waals surface area contributed by atoms with Gasteiger partial charge in [0.15, 0.2) is 5.41 Å². The summed E-state index contributed by atoms with van der Waals surface area (Å²) in [7, 11) is 0. The van der Waals surface area contributed by atoms with Gasteiger partial charge in [0.1, 0.15) is 5.82 Å². The van der Waals surface area contributed by atoms with E-state index in [1.165, 1.54) is 43.7 Å². The summed E-state index contributed by atoms with van der Waals surface area (Å²) >= 11 is 0. The van der Waals surface area contributed by atoms with Crippen molar-refractivity contribution in [1.82, 2.24) is 4.90 Å². The number of unbranched alkanes of at least 4 members (excludes halogenated alkanes) is 4. The lowest BCUT2D eigenvalue weighted by molar-refractivity contribution is -0.168. The molecule has 0 saturated carbocycles. The zero-order valence-electron chi connectivity index (χ0n) is 19.4. The van der Waals surface area contributed by atoms with Crippen molar-refractivity contribution in [1.29, 1.82) is 0 Å². The first-order valence-electron chi connectivity index (χ1n) is 11.9. The second-order valence-corrected chi connectivity index (χ2v) is 9.14. The summed E-state index contributed by atoms with van der Waals surface area (Å²) in [6.45, 7) is 3.37. The van der Waals surface area contributed by atoms with Crippen LogP contribution in [0.15, 0.2) is 42.5 Å². The van der Waals surface area contributed by atoms with Gasteiger partial charge < -0.3 is 10.2 Å². The minimum atomic E-state index is -1.72. The van der Waals surface area contributed by atoms with E-state index in [0.29, 0.717) is 25.2 Å². The first-order valence-corrected chi connectivity index (χ1v) is 11.9. The van der Waals surface area contributed by atoms with Crippen LogP contribution in [0.25, 0.3) is 11.1 Å². The van der Waals surface area contributed by atoms with Gasteiger partial charge >= 0.3 is 11.9 Å². The number of aliphatic carboxylic acids is 2. The van der Waals surface area contributed by atoms with Crippen molar-refractivity contribution in [2.45, 2.75) is 64.8 Å². The summed E-state index contributed by atoms with van der Waals surface area (Å²) in [6.07, 6.45) is 7.38. The Morgan fingerprint density at radius 3 is 2.09 bits per heavy atom. The lowest BCUT2D eigenvalue weighted by Gasteiger charge is -2.36. The highest BCUT2D eigenvalue weighted by molar-refractivity contribution is 5.98. The summed E-state index contributed by atoms with van der Waals surface area (Å²) < 4.78 is 14.9. The molecule has 0 spiro atoms. The fraction of sp³-hybridized carbons (Fsp3) is 0.481. The first kappa shape index (κ1) is 24.9. The number of carboxylic acids is 2. The van der Waals surface area contributed by atoms with Crippen molar-refractivity contribution < 1.29 is 24.2 Å². The Labute approximate surface area is 195 Å². The summed E-state index contributed by atoms with van der Waals surface area (Å²) in [4.78, 5) is 24.9. The van der Waals surface area contributed by atoms with Gasteiger partial charge in [0.2, 0.25) is 0 Å². The molecule has 1 aliphatic heterocycles. The molecule has 2 aromatic rings. The Morgan fingerprint density at radius 2 is 1.52 bits per heavy atom. The quantitative estimate of drug-likeness (QED) is 0.333. The summed E-state index contributed by atoms with van der Waals surface area (Å²) in [5.41, 5.74) is 1.75. The number of halogens is 1. The van der Waals surface area contributed by atoms with Gasteiger partial charge in [-0.2, -0.15) is 0 Å². The first-order chi connectivity index (χ1) is 15.9. The van der Waals surface area contributed by atoms with Crippen LogP contribution in [0.4, 0.5) is 4.39 Å². The van der Waals surface area contributed by atoms with Gasteiger partial charge in [0, 0.05) is 25.2 Å². The predicted molar refractivity (Wildman–Crippen MR) is 127 cm³/mol. The van der Waals surface area contributed by atoms with Crippen molar-refractivity contribution in [3.8, 4) is 11.1 Å². The van der Waals surface area contributed by atoms with E-state index in [4.69, 9.17) is 0 Å². The molecule has 2 N–H and O–H groups in total. The third-order valence-electron chi connectivity index (χ3n) is 6.80. The molecular formula is C27H34FNO4. The molecule has 2 aromatic carbocycles. The maximum atomic E-state index is 14.9. The molecule has 0 unspecified atom stereocenters. The largest absolute Gasteiger partial charge is 0.480 e. The Kier molecular flexibility index (Phi) is 8.61. The Morgan fingerprint density at radius 1 is 0.909 bits per heavy atom. The van der Waals surface area contributed by atoms with Crippen molar-refractivity contribution in [3.05, 3.63) is 59.4 Å². The SMILES string of the molecule is CCCCCCCc1ccc(-c2ccc(CN3CCC(C(=O)O)(C(=O)O)CC3)cc2F)cc1. The molecule has 0 bridgehead atoms. The van der Waals surface area contributed by atoms with Gasteiger partial charge in [0.25, 0.3) is 0 Å². The van der Waals surface area contributed by atoms with E-state index in [9.17, 15) is 24.2 Å². The van der Waals surface area contributed by atoms with Crippen LogP contribution in [-0.2, 0) is 22.6 Å². The topological polar surface area (TPSA) is 77.8 Å². The average Bonchev–Trinajstić information content (AvgIpc) is 2.80. The van der Waals surface area contributed by atoms with Gasteiger partial charge in [0.05, 0.1) is 0 Å². The van der Waals surface area contributed by atoms with Gasteiger partial charge in [-0.3, -0.25) is 14.5 Å². The molecule has 0 radical (unpaired) electrons. The standard InChI is InChI=1S/C27H34FNO4/c1-2-3-4-5-6-7-20-8-11-22(12-9-20)23-13-10-21(18-24(23)28)19-29-16-14-27(15-17-29,25(30)31)26(32)33/h8-13,18H,2-7,14-17,19H2,1H3,(H,30,31)(H,32,33). The van der Waals surface area contributed by atoms with Crippen LogP contribution < -0.4 is 0 Å². The minimum Gasteiger partial charge on any atom is -0.480 e. The lowest BCUT2D eigenvalue weighted by atomic mass is 9.78. The number of aryl methyl sites for hydroxylation is 1. The van der Waals surface area contributed by atoms with Crippen LogP contribution in [0.5, 0.6) is 0 Å². The van der Waals surface area contributed by atoms with Crippen LogP contribution >= 0.6 is 0 Å². The number of carbonyl (C=O) groups is 2. The number of benzene rings is 2. The molecule has 0 atom stereocenters. The maximum Gasteiger partial charge on any atom is 0.321 e. The van der Waals surface area contributed by atoms with E-state index < -0.39 is 17.4 Å². The summed E-state index contributed by atoms with van der Waals surface area (Å²) in [5, 5.41) is 18.7. The molecule has 0 aliphatic carbocycles. The fourth-order valence-electron chi connectivity index (χ4n) is 4.54. The van der Waals surface area contributed by atoms with E-state index in [2.05, 4.69) is 19.1 Å². The van der Waals surface area contributed by atoms with Gasteiger partial charge in [-0.25, -0.2) is 4.39 Å². The molecule has 0 amide bonds. The molecule has 0 aromatic heterocycles.